The smallest absolute Gasteiger partial charge is 0.314 e. The van der Waals surface area contributed by atoms with Crippen LogP contribution in [0.1, 0.15) is 37.3 Å². The predicted molar refractivity (Wildman–Crippen MR) is 59.0 cm³/mol. The van der Waals surface area contributed by atoms with Gasteiger partial charge in [-0.2, -0.15) is 0 Å². The molecule has 2 nitrogen and oxygen atoms in total. The van der Waals surface area contributed by atoms with E-state index in [0.29, 0.717) is 0 Å². The molecule has 0 saturated heterocycles. The fourth-order valence-electron chi connectivity index (χ4n) is 2.06. The molecular weight excluding hydrogens is 188 g/mol. The van der Waals surface area contributed by atoms with Crippen LogP contribution in [0, 0.1) is 0 Å². The number of benzene rings is 1. The predicted octanol–water partition coefficient (Wildman–Crippen LogP) is 2.76. The Kier molecular flexibility index (Phi) is 2.51. The van der Waals surface area contributed by atoms with E-state index in [2.05, 4.69) is 19.1 Å². The maximum Gasteiger partial charge on any atom is 0.314 e. The van der Waals surface area contributed by atoms with Gasteiger partial charge in [-0.15, -0.1) is 0 Å². The summed E-state index contributed by atoms with van der Waals surface area (Å²) in [5.74, 6) is -0.670. The molecule has 1 aliphatic rings. The zero-order chi connectivity index (χ0) is 10.9. The molecule has 0 heterocycles. The van der Waals surface area contributed by atoms with E-state index in [1.54, 1.807) is 0 Å². The van der Waals surface area contributed by atoms with Gasteiger partial charge in [-0.3, -0.25) is 4.79 Å². The lowest BCUT2D eigenvalue weighted by molar-refractivity contribution is -0.140. The highest BCUT2D eigenvalue weighted by atomic mass is 16.4. The molecule has 0 atom stereocenters. The summed E-state index contributed by atoms with van der Waals surface area (Å²) in [6.45, 7) is 2.14. The van der Waals surface area contributed by atoms with E-state index in [4.69, 9.17) is 0 Å². The summed E-state index contributed by atoms with van der Waals surface area (Å²) < 4.78 is 0. The van der Waals surface area contributed by atoms with Crippen molar-refractivity contribution in [1.29, 1.82) is 0 Å². The molecule has 0 aromatic heterocycles. The molecule has 0 aliphatic heterocycles. The Morgan fingerprint density at radius 1 is 1.47 bits per heavy atom. The fraction of sp³-hybridized carbons (Fsp3) is 0.462. The van der Waals surface area contributed by atoms with Crippen molar-refractivity contribution in [3.8, 4) is 0 Å². The Balaban J connectivity index is 2.29. The lowest BCUT2D eigenvalue weighted by Crippen LogP contribution is -2.19. The van der Waals surface area contributed by atoms with Crippen molar-refractivity contribution in [2.24, 2.45) is 0 Å². The second-order valence-corrected chi connectivity index (χ2v) is 4.34. The summed E-state index contributed by atoms with van der Waals surface area (Å²) in [4.78, 5) is 11.2. The summed E-state index contributed by atoms with van der Waals surface area (Å²) >= 11 is 0. The number of carboxylic acid groups (broad SMARTS) is 1. The molecule has 0 unspecified atom stereocenters. The minimum atomic E-state index is -0.670. The van der Waals surface area contributed by atoms with Gasteiger partial charge in [0.1, 0.15) is 0 Å². The van der Waals surface area contributed by atoms with Crippen molar-refractivity contribution >= 4 is 5.97 Å². The van der Waals surface area contributed by atoms with E-state index in [1.807, 2.05) is 12.1 Å². The van der Waals surface area contributed by atoms with Gasteiger partial charge >= 0.3 is 5.97 Å². The summed E-state index contributed by atoms with van der Waals surface area (Å²) in [6, 6.07) is 8.05. The van der Waals surface area contributed by atoms with E-state index < -0.39 is 11.4 Å². The molecule has 0 amide bonds. The first kappa shape index (κ1) is 10.2. The highest BCUT2D eigenvalue weighted by Crippen LogP contribution is 2.48. The van der Waals surface area contributed by atoms with Gasteiger partial charge in [0.05, 0.1) is 5.41 Å². The second-order valence-electron chi connectivity index (χ2n) is 4.34. The van der Waals surface area contributed by atoms with Gasteiger partial charge in [0.2, 0.25) is 0 Å². The minimum Gasteiger partial charge on any atom is -0.481 e. The number of carboxylic acids is 1. The Hall–Kier alpha value is -1.31. The van der Waals surface area contributed by atoms with Crippen LogP contribution in [-0.4, -0.2) is 11.1 Å². The van der Waals surface area contributed by atoms with E-state index in [9.17, 15) is 9.90 Å². The summed E-state index contributed by atoms with van der Waals surface area (Å²) in [5.41, 5.74) is 1.69. The lowest BCUT2D eigenvalue weighted by Gasteiger charge is -2.11. The maximum atomic E-state index is 11.2. The van der Waals surface area contributed by atoms with Gasteiger partial charge in [-0.25, -0.2) is 0 Å². The molecule has 0 radical (unpaired) electrons. The molecule has 1 saturated carbocycles. The van der Waals surface area contributed by atoms with Crippen LogP contribution in [0.15, 0.2) is 24.3 Å². The van der Waals surface area contributed by atoms with Crippen LogP contribution in [0.3, 0.4) is 0 Å². The molecule has 1 aliphatic carbocycles. The van der Waals surface area contributed by atoms with Crippen LogP contribution in [0.25, 0.3) is 0 Å². The normalized spacial score (nSPS) is 17.4. The first-order valence-electron chi connectivity index (χ1n) is 5.52. The van der Waals surface area contributed by atoms with Crippen LogP contribution in [0.5, 0.6) is 0 Å². The number of rotatable bonds is 4. The molecule has 1 fully saturated rings. The fourth-order valence-corrected chi connectivity index (χ4v) is 2.06. The molecular formula is C13H16O2. The highest BCUT2D eigenvalue weighted by molar-refractivity contribution is 5.84. The number of hydrogen-bond acceptors (Lipinski definition) is 1. The van der Waals surface area contributed by atoms with Crippen molar-refractivity contribution in [1.82, 2.24) is 0 Å². The molecule has 0 bridgehead atoms. The van der Waals surface area contributed by atoms with Crippen molar-refractivity contribution in [2.45, 2.75) is 38.0 Å². The molecule has 0 spiro atoms. The third kappa shape index (κ3) is 1.76. The van der Waals surface area contributed by atoms with Crippen LogP contribution in [-0.2, 0) is 16.6 Å². The molecule has 1 N–H and O–H groups in total. The lowest BCUT2D eigenvalue weighted by atomic mass is 9.93. The Bertz CT molecular complexity index is 378. The zero-order valence-corrected chi connectivity index (χ0v) is 8.99. The summed E-state index contributed by atoms with van der Waals surface area (Å²) in [5, 5.41) is 9.18. The van der Waals surface area contributed by atoms with Gasteiger partial charge in [-0.1, -0.05) is 37.6 Å². The largest absolute Gasteiger partial charge is 0.481 e. The van der Waals surface area contributed by atoms with Gasteiger partial charge in [0.25, 0.3) is 0 Å². The Morgan fingerprint density at radius 2 is 2.20 bits per heavy atom. The molecule has 1 aromatic rings. The van der Waals surface area contributed by atoms with Gasteiger partial charge in [0.15, 0.2) is 0 Å². The number of aliphatic carboxylic acids is 1. The molecule has 2 heteroatoms. The Labute approximate surface area is 89.9 Å². The quantitative estimate of drug-likeness (QED) is 0.818. The molecule has 1 aromatic carbocycles. The van der Waals surface area contributed by atoms with Crippen LogP contribution in [0.2, 0.25) is 0 Å². The zero-order valence-electron chi connectivity index (χ0n) is 8.99. The van der Waals surface area contributed by atoms with E-state index in [1.165, 1.54) is 5.56 Å². The third-order valence-electron chi connectivity index (χ3n) is 3.18. The molecule has 15 heavy (non-hydrogen) atoms. The average molecular weight is 204 g/mol. The standard InChI is InChI=1S/C13H16O2/c1-2-4-10-5-3-6-11(9-10)13(7-8-13)12(14)15/h3,5-6,9H,2,4,7-8H2,1H3,(H,14,15). The van der Waals surface area contributed by atoms with Crippen LogP contribution >= 0.6 is 0 Å². The van der Waals surface area contributed by atoms with Gasteiger partial charge in [-0.05, 0) is 30.4 Å². The first-order valence-corrected chi connectivity index (χ1v) is 5.52. The highest BCUT2D eigenvalue weighted by Gasteiger charge is 2.51. The monoisotopic (exact) mass is 204 g/mol. The van der Waals surface area contributed by atoms with E-state index in [0.717, 1.165) is 31.2 Å². The van der Waals surface area contributed by atoms with Crippen LogP contribution in [0.4, 0.5) is 0 Å². The molecule has 2 rings (SSSR count). The van der Waals surface area contributed by atoms with Crippen molar-refractivity contribution in [2.75, 3.05) is 0 Å². The van der Waals surface area contributed by atoms with E-state index >= 15 is 0 Å². The minimum absolute atomic E-state index is 0.552. The van der Waals surface area contributed by atoms with Gasteiger partial charge < -0.3 is 5.11 Å². The average Bonchev–Trinajstić information content (AvgIpc) is 2.99. The second kappa shape index (κ2) is 3.69. The number of carbonyl (C=O) groups is 1. The summed E-state index contributed by atoms with van der Waals surface area (Å²) in [7, 11) is 0. The third-order valence-corrected chi connectivity index (χ3v) is 3.18. The summed E-state index contributed by atoms with van der Waals surface area (Å²) in [6.07, 6.45) is 3.71. The molecule has 80 valence electrons. The van der Waals surface area contributed by atoms with Gasteiger partial charge in [0, 0.05) is 0 Å². The van der Waals surface area contributed by atoms with Crippen molar-refractivity contribution in [3.05, 3.63) is 35.4 Å². The topological polar surface area (TPSA) is 37.3 Å². The number of aryl methyl sites for hydroxylation is 1. The SMILES string of the molecule is CCCc1cccc(C2(C(=O)O)CC2)c1. The van der Waals surface area contributed by atoms with Crippen LogP contribution < -0.4 is 0 Å². The van der Waals surface area contributed by atoms with Crippen molar-refractivity contribution in [3.63, 3.8) is 0 Å². The first-order chi connectivity index (χ1) is 7.19. The Morgan fingerprint density at radius 3 is 2.73 bits per heavy atom. The van der Waals surface area contributed by atoms with E-state index in [-0.39, 0.29) is 0 Å². The van der Waals surface area contributed by atoms with Crippen molar-refractivity contribution < 1.29 is 9.90 Å². The number of hydrogen-bond donors (Lipinski definition) is 1. The maximum absolute atomic E-state index is 11.2.